The van der Waals surface area contributed by atoms with Gasteiger partial charge in [-0.25, -0.2) is 4.39 Å². The summed E-state index contributed by atoms with van der Waals surface area (Å²) in [5.41, 5.74) is 2.93. The molecule has 1 aromatic heterocycles. The van der Waals surface area contributed by atoms with Crippen LogP contribution in [-0.2, 0) is 4.74 Å². The minimum Gasteiger partial charge on any atom is -0.379 e. The Kier molecular flexibility index (Phi) is 6.27. The lowest BCUT2D eigenvalue weighted by Gasteiger charge is -2.35. The van der Waals surface area contributed by atoms with Crippen LogP contribution in [0.3, 0.4) is 0 Å². The van der Waals surface area contributed by atoms with Crippen LogP contribution in [0.4, 0.5) is 4.39 Å². The number of ether oxygens (including phenoxy) is 1. The standard InChI is InChI=1S/C23H23ClFN3O2/c1-15-20(13-17-12-18(24)4-7-21(17)27-15)23(29)26-14-22(28-8-10-30-11-9-28)16-2-5-19(25)6-3-16/h2-7,12-13,22H,8-11,14H2,1H3,(H,26,29)/t22-/m1/s1. The van der Waals surface area contributed by atoms with Gasteiger partial charge in [-0.1, -0.05) is 23.7 Å². The fourth-order valence-electron chi connectivity index (χ4n) is 3.79. The van der Waals surface area contributed by atoms with E-state index in [1.54, 1.807) is 24.3 Å². The molecule has 3 aromatic rings. The first-order valence-electron chi connectivity index (χ1n) is 9.93. The highest BCUT2D eigenvalue weighted by atomic mass is 35.5. The second-order valence-corrected chi connectivity index (χ2v) is 7.82. The van der Waals surface area contributed by atoms with Gasteiger partial charge in [0.05, 0.1) is 36.0 Å². The summed E-state index contributed by atoms with van der Waals surface area (Å²) < 4.78 is 18.9. The van der Waals surface area contributed by atoms with Gasteiger partial charge < -0.3 is 10.1 Å². The summed E-state index contributed by atoms with van der Waals surface area (Å²) in [6.45, 7) is 5.01. The zero-order valence-electron chi connectivity index (χ0n) is 16.7. The molecule has 1 fully saturated rings. The molecule has 30 heavy (non-hydrogen) atoms. The van der Waals surface area contributed by atoms with Crippen LogP contribution in [0, 0.1) is 12.7 Å². The molecule has 0 radical (unpaired) electrons. The van der Waals surface area contributed by atoms with Crippen molar-refractivity contribution in [3.63, 3.8) is 0 Å². The first-order chi connectivity index (χ1) is 14.5. The van der Waals surface area contributed by atoms with E-state index in [2.05, 4.69) is 15.2 Å². The molecule has 1 aliphatic heterocycles. The second-order valence-electron chi connectivity index (χ2n) is 7.38. The number of aromatic nitrogens is 1. The predicted octanol–water partition coefficient (Wildman–Crippen LogP) is 4.14. The highest BCUT2D eigenvalue weighted by Crippen LogP contribution is 2.23. The Morgan fingerprint density at radius 3 is 2.67 bits per heavy atom. The molecule has 1 aliphatic rings. The molecule has 0 saturated carbocycles. The van der Waals surface area contributed by atoms with E-state index in [9.17, 15) is 9.18 Å². The zero-order chi connectivity index (χ0) is 21.1. The number of pyridine rings is 1. The van der Waals surface area contributed by atoms with Crippen molar-refractivity contribution in [3.8, 4) is 0 Å². The molecule has 1 saturated heterocycles. The predicted molar refractivity (Wildman–Crippen MR) is 115 cm³/mol. The Morgan fingerprint density at radius 2 is 1.93 bits per heavy atom. The highest BCUT2D eigenvalue weighted by Gasteiger charge is 2.24. The van der Waals surface area contributed by atoms with Crippen molar-refractivity contribution in [1.29, 1.82) is 0 Å². The van der Waals surface area contributed by atoms with Crippen molar-refractivity contribution in [3.05, 3.63) is 76.2 Å². The largest absolute Gasteiger partial charge is 0.379 e. The molecule has 1 atom stereocenters. The third-order valence-electron chi connectivity index (χ3n) is 5.41. The maximum Gasteiger partial charge on any atom is 0.253 e. The summed E-state index contributed by atoms with van der Waals surface area (Å²) >= 11 is 6.09. The molecule has 0 unspecified atom stereocenters. The summed E-state index contributed by atoms with van der Waals surface area (Å²) in [6, 6.07) is 13.6. The summed E-state index contributed by atoms with van der Waals surface area (Å²) in [5, 5.41) is 4.46. The summed E-state index contributed by atoms with van der Waals surface area (Å²) in [7, 11) is 0. The number of morpholine rings is 1. The molecule has 1 amide bonds. The number of halogens is 2. The van der Waals surface area contributed by atoms with Crippen LogP contribution in [0.5, 0.6) is 0 Å². The minimum atomic E-state index is -0.278. The Bertz CT molecular complexity index is 1050. The number of nitrogens with zero attached hydrogens (tertiary/aromatic N) is 2. The number of hydrogen-bond acceptors (Lipinski definition) is 4. The zero-order valence-corrected chi connectivity index (χ0v) is 17.5. The van der Waals surface area contributed by atoms with E-state index in [1.165, 1.54) is 12.1 Å². The Balaban J connectivity index is 1.55. The van der Waals surface area contributed by atoms with Crippen LogP contribution in [0.2, 0.25) is 5.02 Å². The summed E-state index contributed by atoms with van der Waals surface area (Å²) in [4.78, 5) is 19.8. The third kappa shape index (κ3) is 4.61. The van der Waals surface area contributed by atoms with Crippen molar-refractivity contribution in [2.24, 2.45) is 0 Å². The van der Waals surface area contributed by atoms with Crippen LogP contribution in [0.15, 0.2) is 48.5 Å². The number of benzene rings is 2. The molecule has 0 bridgehead atoms. The fraction of sp³-hybridized carbons (Fsp3) is 0.304. The van der Waals surface area contributed by atoms with Gasteiger partial charge in [0.25, 0.3) is 5.91 Å². The van der Waals surface area contributed by atoms with Gasteiger partial charge >= 0.3 is 0 Å². The molecule has 0 aliphatic carbocycles. The molecule has 2 heterocycles. The number of amides is 1. The van der Waals surface area contributed by atoms with Crippen LogP contribution in [0.1, 0.15) is 27.7 Å². The lowest BCUT2D eigenvalue weighted by Crippen LogP contribution is -2.43. The van der Waals surface area contributed by atoms with Crippen molar-refractivity contribution in [2.45, 2.75) is 13.0 Å². The number of fused-ring (bicyclic) bond motifs is 1. The molecular weight excluding hydrogens is 405 g/mol. The monoisotopic (exact) mass is 427 g/mol. The molecular formula is C23H23ClFN3O2. The average molecular weight is 428 g/mol. The lowest BCUT2D eigenvalue weighted by molar-refractivity contribution is 0.0162. The van der Waals surface area contributed by atoms with Gasteiger partial charge in [0.1, 0.15) is 5.82 Å². The second kappa shape index (κ2) is 9.08. The van der Waals surface area contributed by atoms with E-state index in [0.29, 0.717) is 36.0 Å². The Hall–Kier alpha value is -2.54. The Morgan fingerprint density at radius 1 is 1.20 bits per heavy atom. The number of rotatable bonds is 5. The average Bonchev–Trinajstić information content (AvgIpc) is 2.75. The molecule has 0 spiro atoms. The van der Waals surface area contributed by atoms with Gasteiger partial charge in [-0.3, -0.25) is 14.7 Å². The third-order valence-corrected chi connectivity index (χ3v) is 5.64. The van der Waals surface area contributed by atoms with Gasteiger partial charge in [-0.05, 0) is 48.9 Å². The van der Waals surface area contributed by atoms with Crippen LogP contribution in [-0.4, -0.2) is 48.6 Å². The smallest absolute Gasteiger partial charge is 0.253 e. The maximum absolute atomic E-state index is 13.4. The van der Waals surface area contributed by atoms with Gasteiger partial charge in [-0.2, -0.15) is 0 Å². The van der Waals surface area contributed by atoms with Crippen LogP contribution >= 0.6 is 11.6 Å². The minimum absolute atomic E-state index is 0.0679. The lowest BCUT2D eigenvalue weighted by atomic mass is 10.0. The molecule has 2 aromatic carbocycles. The summed E-state index contributed by atoms with van der Waals surface area (Å²) in [5.74, 6) is -0.470. The quantitative estimate of drug-likeness (QED) is 0.665. The van der Waals surface area contributed by atoms with Gasteiger partial charge in [-0.15, -0.1) is 0 Å². The number of aryl methyl sites for hydroxylation is 1. The molecule has 156 valence electrons. The van der Waals surface area contributed by atoms with E-state index < -0.39 is 0 Å². The molecule has 4 rings (SSSR count). The van der Waals surface area contributed by atoms with E-state index >= 15 is 0 Å². The molecule has 1 N–H and O–H groups in total. The van der Waals surface area contributed by atoms with Crippen molar-refractivity contribution in [2.75, 3.05) is 32.8 Å². The fourth-order valence-corrected chi connectivity index (χ4v) is 3.97. The van der Waals surface area contributed by atoms with Crippen molar-refractivity contribution < 1.29 is 13.9 Å². The van der Waals surface area contributed by atoms with Crippen molar-refractivity contribution >= 4 is 28.4 Å². The van der Waals surface area contributed by atoms with Crippen LogP contribution < -0.4 is 5.32 Å². The number of carbonyl (C=O) groups excluding carboxylic acids is 1. The van der Waals surface area contributed by atoms with Gasteiger partial charge in [0.15, 0.2) is 0 Å². The first-order valence-corrected chi connectivity index (χ1v) is 10.3. The van der Waals surface area contributed by atoms with Crippen molar-refractivity contribution in [1.82, 2.24) is 15.2 Å². The normalized spacial score (nSPS) is 15.8. The summed E-state index contributed by atoms with van der Waals surface area (Å²) in [6.07, 6.45) is 0. The SMILES string of the molecule is Cc1nc2ccc(Cl)cc2cc1C(=O)NC[C@H](c1ccc(F)cc1)N1CCOCC1. The number of carbonyl (C=O) groups is 1. The first kappa shape index (κ1) is 20.7. The van der Waals surface area contributed by atoms with Gasteiger partial charge in [0.2, 0.25) is 0 Å². The van der Waals surface area contributed by atoms with E-state index in [1.807, 2.05) is 19.1 Å². The topological polar surface area (TPSA) is 54.5 Å². The highest BCUT2D eigenvalue weighted by molar-refractivity contribution is 6.31. The Labute approximate surface area is 179 Å². The van der Waals surface area contributed by atoms with E-state index in [-0.39, 0.29) is 17.8 Å². The van der Waals surface area contributed by atoms with Crippen LogP contribution in [0.25, 0.3) is 10.9 Å². The maximum atomic E-state index is 13.4. The number of hydrogen-bond donors (Lipinski definition) is 1. The van der Waals surface area contributed by atoms with Gasteiger partial charge in [0, 0.05) is 30.0 Å². The molecule has 5 nitrogen and oxygen atoms in total. The number of nitrogens with one attached hydrogen (secondary N) is 1. The molecule has 7 heteroatoms. The van der Waals surface area contributed by atoms with E-state index in [4.69, 9.17) is 16.3 Å². The van der Waals surface area contributed by atoms with E-state index in [0.717, 1.165) is 29.6 Å².